The molecule has 1 heterocycles. The van der Waals surface area contributed by atoms with Crippen LogP contribution in [0.25, 0.3) is 0 Å². The molecule has 2 aromatic carbocycles. The van der Waals surface area contributed by atoms with Crippen molar-refractivity contribution in [3.8, 4) is 11.5 Å². The van der Waals surface area contributed by atoms with Gasteiger partial charge in [0.1, 0.15) is 18.1 Å². The molecule has 4 nitrogen and oxygen atoms in total. The van der Waals surface area contributed by atoms with Gasteiger partial charge in [-0.25, -0.2) is 0 Å². The number of hydrogen-bond donors (Lipinski definition) is 1. The summed E-state index contributed by atoms with van der Waals surface area (Å²) in [7, 11) is 0. The smallest absolute Gasteiger partial charge is 0.144 e. The summed E-state index contributed by atoms with van der Waals surface area (Å²) in [5.74, 6) is 1.75. The van der Waals surface area contributed by atoms with Gasteiger partial charge in [-0.1, -0.05) is 11.6 Å². The van der Waals surface area contributed by atoms with Gasteiger partial charge in [-0.2, -0.15) is 0 Å². The van der Waals surface area contributed by atoms with Crippen LogP contribution in [-0.2, 0) is 0 Å². The molecule has 122 valence electrons. The van der Waals surface area contributed by atoms with Gasteiger partial charge in [-0.15, -0.1) is 0 Å². The molecule has 0 aliphatic carbocycles. The van der Waals surface area contributed by atoms with E-state index in [1.165, 1.54) is 0 Å². The molecule has 23 heavy (non-hydrogen) atoms. The van der Waals surface area contributed by atoms with E-state index in [-0.39, 0.29) is 0 Å². The summed E-state index contributed by atoms with van der Waals surface area (Å²) in [5.41, 5.74) is 7.67. The topological polar surface area (TPSA) is 47.7 Å². The Hall–Kier alpha value is -2.07. The van der Waals surface area contributed by atoms with Gasteiger partial charge in [0.2, 0.25) is 0 Å². The number of rotatable bonds is 6. The fourth-order valence-corrected chi connectivity index (χ4v) is 2.78. The van der Waals surface area contributed by atoms with Crippen molar-refractivity contribution in [2.45, 2.75) is 12.8 Å². The Morgan fingerprint density at radius 2 is 1.96 bits per heavy atom. The molecule has 5 heteroatoms. The zero-order valence-electron chi connectivity index (χ0n) is 13.0. The largest absolute Gasteiger partial charge is 0.494 e. The minimum atomic E-state index is 0.706. The van der Waals surface area contributed by atoms with Gasteiger partial charge in [-0.05, 0) is 49.2 Å². The maximum Gasteiger partial charge on any atom is 0.144 e. The average Bonchev–Trinajstić information content (AvgIpc) is 2.56. The van der Waals surface area contributed by atoms with Gasteiger partial charge in [0, 0.05) is 23.3 Å². The van der Waals surface area contributed by atoms with Gasteiger partial charge < -0.3 is 20.1 Å². The second-order valence-electron chi connectivity index (χ2n) is 5.57. The zero-order chi connectivity index (χ0) is 16.1. The quantitative estimate of drug-likeness (QED) is 0.642. The van der Waals surface area contributed by atoms with Gasteiger partial charge in [0.25, 0.3) is 0 Å². The molecule has 2 aromatic rings. The van der Waals surface area contributed by atoms with Crippen LogP contribution in [0.2, 0.25) is 5.02 Å². The molecule has 0 saturated carbocycles. The van der Waals surface area contributed by atoms with Crippen LogP contribution in [-0.4, -0.2) is 26.3 Å². The van der Waals surface area contributed by atoms with E-state index in [2.05, 4.69) is 4.90 Å². The van der Waals surface area contributed by atoms with E-state index in [1.54, 1.807) is 0 Å². The predicted molar refractivity (Wildman–Crippen MR) is 94.7 cm³/mol. The minimum Gasteiger partial charge on any atom is -0.494 e. The highest BCUT2D eigenvalue weighted by molar-refractivity contribution is 6.30. The SMILES string of the molecule is Nc1ccc2c(c1)OCCN2CCCCOc1ccc(Cl)cc1. The number of ether oxygens (including phenoxy) is 2. The Bertz CT molecular complexity index is 646. The van der Waals surface area contributed by atoms with Crippen LogP contribution in [0.3, 0.4) is 0 Å². The van der Waals surface area contributed by atoms with E-state index in [4.69, 9.17) is 26.8 Å². The molecule has 0 unspecified atom stereocenters. The van der Waals surface area contributed by atoms with Gasteiger partial charge in [0.05, 0.1) is 18.8 Å². The molecule has 1 aliphatic rings. The number of benzene rings is 2. The first-order chi connectivity index (χ1) is 11.2. The Labute approximate surface area is 141 Å². The second-order valence-corrected chi connectivity index (χ2v) is 6.01. The first-order valence-electron chi connectivity index (χ1n) is 7.88. The summed E-state index contributed by atoms with van der Waals surface area (Å²) in [6.07, 6.45) is 2.07. The van der Waals surface area contributed by atoms with E-state index in [0.29, 0.717) is 13.2 Å². The third-order valence-electron chi connectivity index (χ3n) is 3.85. The summed E-state index contributed by atoms with van der Waals surface area (Å²) in [4.78, 5) is 2.35. The molecule has 0 bridgehead atoms. The molecule has 0 atom stereocenters. The van der Waals surface area contributed by atoms with Crippen molar-refractivity contribution in [1.29, 1.82) is 0 Å². The van der Waals surface area contributed by atoms with Crippen molar-refractivity contribution in [2.24, 2.45) is 0 Å². The molecular formula is C18H21ClN2O2. The maximum absolute atomic E-state index is 5.85. The second kappa shape index (κ2) is 7.47. The number of nitrogen functional groups attached to an aromatic ring is 1. The molecule has 1 aliphatic heterocycles. The summed E-state index contributed by atoms with van der Waals surface area (Å²) in [6.45, 7) is 3.32. The van der Waals surface area contributed by atoms with E-state index < -0.39 is 0 Å². The number of fused-ring (bicyclic) bond motifs is 1. The molecule has 0 fully saturated rings. The molecule has 0 radical (unpaired) electrons. The maximum atomic E-state index is 5.85. The Kier molecular flexibility index (Phi) is 5.13. The molecule has 0 saturated heterocycles. The molecule has 0 amide bonds. The number of halogens is 1. The molecular weight excluding hydrogens is 312 g/mol. The first-order valence-corrected chi connectivity index (χ1v) is 8.26. The van der Waals surface area contributed by atoms with E-state index in [0.717, 1.165) is 53.8 Å². The summed E-state index contributed by atoms with van der Waals surface area (Å²) >= 11 is 5.85. The monoisotopic (exact) mass is 332 g/mol. The zero-order valence-corrected chi connectivity index (χ0v) is 13.8. The third-order valence-corrected chi connectivity index (χ3v) is 4.10. The summed E-state index contributed by atoms with van der Waals surface area (Å²) < 4.78 is 11.4. The lowest BCUT2D eigenvalue weighted by Gasteiger charge is -2.31. The number of hydrogen-bond acceptors (Lipinski definition) is 4. The number of nitrogens with two attached hydrogens (primary N) is 1. The van der Waals surface area contributed by atoms with Crippen molar-refractivity contribution < 1.29 is 9.47 Å². The van der Waals surface area contributed by atoms with Crippen molar-refractivity contribution in [1.82, 2.24) is 0 Å². The van der Waals surface area contributed by atoms with Crippen molar-refractivity contribution in [2.75, 3.05) is 36.9 Å². The number of nitrogens with zero attached hydrogens (tertiary/aromatic N) is 1. The van der Waals surface area contributed by atoms with Crippen LogP contribution >= 0.6 is 11.6 Å². The van der Waals surface area contributed by atoms with Gasteiger partial charge in [0.15, 0.2) is 0 Å². The van der Waals surface area contributed by atoms with Crippen LogP contribution in [0.15, 0.2) is 42.5 Å². The lowest BCUT2D eigenvalue weighted by Crippen LogP contribution is -2.33. The predicted octanol–water partition coefficient (Wildman–Crippen LogP) is 3.98. The standard InChI is InChI=1S/C18H21ClN2O2/c19-14-3-6-16(7-4-14)22-11-2-1-9-21-10-12-23-18-13-15(20)5-8-17(18)21/h3-8,13H,1-2,9-12,20H2. The van der Waals surface area contributed by atoms with E-state index in [1.807, 2.05) is 42.5 Å². The van der Waals surface area contributed by atoms with Crippen LogP contribution in [0.5, 0.6) is 11.5 Å². The third kappa shape index (κ3) is 4.23. The minimum absolute atomic E-state index is 0.706. The normalized spacial score (nSPS) is 13.3. The van der Waals surface area contributed by atoms with Crippen LogP contribution in [0, 0.1) is 0 Å². The average molecular weight is 333 g/mol. The highest BCUT2D eigenvalue weighted by Crippen LogP contribution is 2.33. The van der Waals surface area contributed by atoms with Crippen molar-refractivity contribution >= 4 is 23.0 Å². The Balaban J connectivity index is 1.44. The van der Waals surface area contributed by atoms with E-state index in [9.17, 15) is 0 Å². The lowest BCUT2D eigenvalue weighted by atomic mass is 10.2. The van der Waals surface area contributed by atoms with Crippen LogP contribution in [0.1, 0.15) is 12.8 Å². The summed E-state index contributed by atoms with van der Waals surface area (Å²) in [5, 5.41) is 0.726. The lowest BCUT2D eigenvalue weighted by molar-refractivity contribution is 0.297. The molecule has 0 spiro atoms. The van der Waals surface area contributed by atoms with Crippen LogP contribution < -0.4 is 20.1 Å². The van der Waals surface area contributed by atoms with Crippen molar-refractivity contribution in [3.63, 3.8) is 0 Å². The molecule has 0 aromatic heterocycles. The van der Waals surface area contributed by atoms with Gasteiger partial charge >= 0.3 is 0 Å². The number of unbranched alkanes of at least 4 members (excludes halogenated alkanes) is 1. The fourth-order valence-electron chi connectivity index (χ4n) is 2.65. The summed E-state index contributed by atoms with van der Waals surface area (Å²) in [6, 6.07) is 13.3. The Morgan fingerprint density at radius 1 is 1.13 bits per heavy atom. The highest BCUT2D eigenvalue weighted by atomic mass is 35.5. The molecule has 2 N–H and O–H groups in total. The van der Waals surface area contributed by atoms with Crippen molar-refractivity contribution in [3.05, 3.63) is 47.5 Å². The number of anilines is 2. The fraction of sp³-hybridized carbons (Fsp3) is 0.333. The first kappa shape index (κ1) is 15.8. The molecule has 3 rings (SSSR count). The van der Waals surface area contributed by atoms with Gasteiger partial charge in [-0.3, -0.25) is 0 Å². The van der Waals surface area contributed by atoms with Crippen LogP contribution in [0.4, 0.5) is 11.4 Å². The highest BCUT2D eigenvalue weighted by Gasteiger charge is 2.17. The Morgan fingerprint density at radius 3 is 2.78 bits per heavy atom. The van der Waals surface area contributed by atoms with E-state index >= 15 is 0 Å².